The summed E-state index contributed by atoms with van der Waals surface area (Å²) in [5.41, 5.74) is 1.29. The van der Waals surface area contributed by atoms with Gasteiger partial charge >= 0.3 is 0 Å². The Morgan fingerprint density at radius 2 is 1.88 bits per heavy atom. The van der Waals surface area contributed by atoms with Crippen molar-refractivity contribution in [3.05, 3.63) is 68.9 Å². The summed E-state index contributed by atoms with van der Waals surface area (Å²) in [4.78, 5) is 12.4. The highest BCUT2D eigenvalue weighted by Gasteiger charge is 2.19. The molecule has 1 heterocycles. The van der Waals surface area contributed by atoms with Crippen molar-refractivity contribution in [2.24, 2.45) is 0 Å². The second-order valence-electron chi connectivity index (χ2n) is 5.15. The second kappa shape index (κ2) is 7.78. The quantitative estimate of drug-likeness (QED) is 0.301. The van der Waals surface area contributed by atoms with Gasteiger partial charge in [0.2, 0.25) is 0 Å². The first-order valence-electron chi connectivity index (χ1n) is 7.26. The van der Waals surface area contributed by atoms with E-state index in [2.05, 4.69) is 5.10 Å². The molecule has 0 bridgehead atoms. The Bertz CT molecular complexity index is 951. The minimum atomic E-state index is -0.364. The number of Topliss-reactive ketones (excluding diaryl/α,β-unsaturated/α-hetero) is 1. The lowest BCUT2D eigenvalue weighted by Gasteiger charge is -2.08. The first-order valence-corrected chi connectivity index (χ1v) is 9.75. The maximum Gasteiger partial charge on any atom is 0.184 e. The molecule has 2 aromatic carbocycles. The number of rotatable bonds is 5. The summed E-state index contributed by atoms with van der Waals surface area (Å²) in [6, 6.07) is 12.7. The molecule has 25 heavy (non-hydrogen) atoms. The van der Waals surface area contributed by atoms with Crippen molar-refractivity contribution < 1.29 is 9.18 Å². The number of halogens is 2. The van der Waals surface area contributed by atoms with E-state index in [0.29, 0.717) is 18.9 Å². The smallest absolute Gasteiger partial charge is 0.184 e. The number of aromatic nitrogens is 2. The van der Waals surface area contributed by atoms with Gasteiger partial charge in [-0.25, -0.2) is 9.07 Å². The van der Waals surface area contributed by atoms with E-state index in [1.165, 1.54) is 47.4 Å². The van der Waals surface area contributed by atoms with E-state index in [1.807, 2.05) is 12.1 Å². The highest BCUT2D eigenvalue weighted by molar-refractivity contribution is 8.02. The first-order chi connectivity index (χ1) is 11.9. The molecule has 0 fully saturated rings. The Kier molecular flexibility index (Phi) is 5.68. The van der Waals surface area contributed by atoms with Crippen LogP contribution in [0.3, 0.4) is 0 Å². The summed E-state index contributed by atoms with van der Waals surface area (Å²) in [7, 11) is 0. The van der Waals surface area contributed by atoms with E-state index in [1.54, 1.807) is 23.7 Å². The van der Waals surface area contributed by atoms with Crippen LogP contribution in [-0.4, -0.2) is 20.8 Å². The maximum absolute atomic E-state index is 13.0. The highest BCUT2D eigenvalue weighted by atomic mass is 35.5. The number of carbonyl (C=O) groups excluding carboxylic acids is 1. The van der Waals surface area contributed by atoms with Crippen molar-refractivity contribution in [3.8, 4) is 5.69 Å². The van der Waals surface area contributed by atoms with Gasteiger partial charge in [-0.15, -0.1) is 5.10 Å². The SMILES string of the molecule is CC(Sc1nn(-c2ccc(Cl)cc2)c(=S)s1)C(=O)c1ccc(F)cc1. The lowest BCUT2D eigenvalue weighted by molar-refractivity contribution is 0.0994. The molecule has 0 saturated heterocycles. The third kappa shape index (κ3) is 4.36. The number of hydrogen-bond donors (Lipinski definition) is 0. The lowest BCUT2D eigenvalue weighted by atomic mass is 10.1. The Labute approximate surface area is 162 Å². The number of carbonyl (C=O) groups is 1. The fourth-order valence-corrected chi connectivity index (χ4v) is 4.82. The predicted molar refractivity (Wildman–Crippen MR) is 103 cm³/mol. The van der Waals surface area contributed by atoms with Crippen LogP contribution in [-0.2, 0) is 0 Å². The van der Waals surface area contributed by atoms with Gasteiger partial charge in [0.1, 0.15) is 5.82 Å². The molecule has 0 aliphatic carbocycles. The molecule has 0 aliphatic rings. The lowest BCUT2D eigenvalue weighted by Crippen LogP contribution is -2.13. The van der Waals surface area contributed by atoms with Gasteiger partial charge < -0.3 is 0 Å². The van der Waals surface area contributed by atoms with E-state index < -0.39 is 0 Å². The molecule has 0 aliphatic heterocycles. The van der Waals surface area contributed by atoms with Gasteiger partial charge in [-0.1, -0.05) is 34.7 Å². The summed E-state index contributed by atoms with van der Waals surface area (Å²) in [6.45, 7) is 1.80. The van der Waals surface area contributed by atoms with Crippen molar-refractivity contribution in [1.29, 1.82) is 0 Å². The average Bonchev–Trinajstić information content (AvgIpc) is 2.96. The molecule has 0 amide bonds. The van der Waals surface area contributed by atoms with Crippen LogP contribution in [0.2, 0.25) is 5.02 Å². The summed E-state index contributed by atoms with van der Waals surface area (Å²) in [5.74, 6) is -0.444. The van der Waals surface area contributed by atoms with Crippen molar-refractivity contribution in [2.45, 2.75) is 16.5 Å². The van der Waals surface area contributed by atoms with Gasteiger partial charge in [-0.2, -0.15) is 0 Å². The average molecular weight is 411 g/mol. The van der Waals surface area contributed by atoms with Crippen LogP contribution in [0.15, 0.2) is 52.9 Å². The van der Waals surface area contributed by atoms with Crippen LogP contribution >= 0.6 is 46.9 Å². The molecular weight excluding hydrogens is 399 g/mol. The molecule has 8 heteroatoms. The monoisotopic (exact) mass is 410 g/mol. The predicted octanol–water partition coefficient (Wildman–Crippen LogP) is 5.82. The molecule has 0 radical (unpaired) electrons. The molecule has 1 unspecified atom stereocenters. The molecule has 0 saturated carbocycles. The van der Waals surface area contributed by atoms with Crippen LogP contribution in [0.5, 0.6) is 0 Å². The fourth-order valence-electron chi connectivity index (χ4n) is 2.11. The van der Waals surface area contributed by atoms with Crippen LogP contribution in [0, 0.1) is 9.77 Å². The van der Waals surface area contributed by atoms with E-state index in [0.717, 1.165) is 5.69 Å². The van der Waals surface area contributed by atoms with E-state index >= 15 is 0 Å². The van der Waals surface area contributed by atoms with Crippen LogP contribution in [0.25, 0.3) is 5.69 Å². The molecule has 3 rings (SSSR count). The number of thioether (sulfide) groups is 1. The van der Waals surface area contributed by atoms with Crippen molar-refractivity contribution in [2.75, 3.05) is 0 Å². The number of nitrogens with zero attached hydrogens (tertiary/aromatic N) is 2. The van der Waals surface area contributed by atoms with Gasteiger partial charge in [0.25, 0.3) is 0 Å². The minimum absolute atomic E-state index is 0.0795. The number of benzene rings is 2. The molecule has 0 N–H and O–H groups in total. The van der Waals surface area contributed by atoms with Crippen LogP contribution < -0.4 is 0 Å². The van der Waals surface area contributed by atoms with Gasteiger partial charge in [-0.3, -0.25) is 4.79 Å². The van der Waals surface area contributed by atoms with Gasteiger partial charge in [0.15, 0.2) is 14.1 Å². The topological polar surface area (TPSA) is 34.9 Å². The molecule has 1 aromatic heterocycles. The fraction of sp³-hybridized carbons (Fsp3) is 0.118. The van der Waals surface area contributed by atoms with Crippen molar-refractivity contribution in [1.82, 2.24) is 9.78 Å². The van der Waals surface area contributed by atoms with Crippen molar-refractivity contribution >= 4 is 52.7 Å². The zero-order valence-electron chi connectivity index (χ0n) is 13.0. The van der Waals surface area contributed by atoms with Crippen LogP contribution in [0.1, 0.15) is 17.3 Å². The third-order valence-electron chi connectivity index (χ3n) is 3.38. The molecule has 0 spiro atoms. The summed E-state index contributed by atoms with van der Waals surface area (Å²) < 4.78 is 15.9. The summed E-state index contributed by atoms with van der Waals surface area (Å²) in [6.07, 6.45) is 0. The largest absolute Gasteiger partial charge is 0.293 e. The Balaban J connectivity index is 1.78. The molecule has 3 aromatic rings. The molecular formula is C17H12ClFN2OS3. The molecule has 3 nitrogen and oxygen atoms in total. The highest BCUT2D eigenvalue weighted by Crippen LogP contribution is 2.29. The molecule has 1 atom stereocenters. The number of hydrogen-bond acceptors (Lipinski definition) is 5. The zero-order chi connectivity index (χ0) is 18.0. The van der Waals surface area contributed by atoms with Gasteiger partial charge in [0.05, 0.1) is 10.9 Å². The van der Waals surface area contributed by atoms with E-state index in [4.69, 9.17) is 23.8 Å². The third-order valence-corrected chi connectivity index (χ3v) is 6.04. The Morgan fingerprint density at radius 1 is 1.24 bits per heavy atom. The standard InChI is InChI=1S/C17H12ClFN2OS3/c1-10(15(22)11-2-6-13(19)7-3-11)24-16-20-21(17(23)25-16)14-8-4-12(18)5-9-14/h2-10H,1H3. The van der Waals surface area contributed by atoms with Crippen molar-refractivity contribution in [3.63, 3.8) is 0 Å². The van der Waals surface area contributed by atoms with Gasteiger partial charge in [-0.05, 0) is 67.7 Å². The maximum atomic E-state index is 13.0. The summed E-state index contributed by atoms with van der Waals surface area (Å²) >= 11 is 13.9. The summed E-state index contributed by atoms with van der Waals surface area (Å²) in [5, 5.41) is 4.76. The zero-order valence-corrected chi connectivity index (χ0v) is 16.2. The normalized spacial score (nSPS) is 12.1. The van der Waals surface area contributed by atoms with Crippen LogP contribution in [0.4, 0.5) is 4.39 Å². The minimum Gasteiger partial charge on any atom is -0.293 e. The molecule has 128 valence electrons. The first kappa shape index (κ1) is 18.3. The van der Waals surface area contributed by atoms with Gasteiger partial charge in [0, 0.05) is 10.6 Å². The Morgan fingerprint density at radius 3 is 2.52 bits per heavy atom. The van der Waals surface area contributed by atoms with E-state index in [9.17, 15) is 9.18 Å². The second-order valence-corrected chi connectivity index (χ2v) is 8.80. The van der Waals surface area contributed by atoms with E-state index in [-0.39, 0.29) is 16.9 Å². The Hall–Kier alpha value is -1.54. The number of ketones is 1.